The molecular weight excluding hydrogens is 308 g/mol. The van der Waals surface area contributed by atoms with Crippen LogP contribution in [0.3, 0.4) is 0 Å². The Morgan fingerprint density at radius 1 is 1.21 bits per heavy atom. The lowest BCUT2D eigenvalue weighted by Gasteiger charge is -2.33. The van der Waals surface area contributed by atoms with Gasteiger partial charge in [0.25, 0.3) is 5.91 Å². The van der Waals surface area contributed by atoms with E-state index in [9.17, 15) is 9.59 Å². The molecule has 0 spiro atoms. The molecule has 3 heterocycles. The van der Waals surface area contributed by atoms with Crippen molar-refractivity contribution in [2.45, 2.75) is 44.2 Å². The van der Waals surface area contributed by atoms with E-state index in [0.717, 1.165) is 36.8 Å². The van der Waals surface area contributed by atoms with Gasteiger partial charge in [-0.15, -0.1) is 0 Å². The monoisotopic (exact) mass is 328 g/mol. The van der Waals surface area contributed by atoms with Crippen LogP contribution in [-0.2, 0) is 9.53 Å². The van der Waals surface area contributed by atoms with Gasteiger partial charge in [0, 0.05) is 18.8 Å². The van der Waals surface area contributed by atoms with Gasteiger partial charge in [-0.3, -0.25) is 4.79 Å². The van der Waals surface area contributed by atoms with Gasteiger partial charge in [-0.05, 0) is 38.2 Å². The first kappa shape index (κ1) is 15.1. The van der Waals surface area contributed by atoms with Crippen molar-refractivity contribution in [1.82, 2.24) is 19.4 Å². The third-order valence-electron chi connectivity index (χ3n) is 4.84. The molecule has 7 nitrogen and oxygen atoms in total. The van der Waals surface area contributed by atoms with E-state index in [1.165, 1.54) is 7.11 Å². The highest BCUT2D eigenvalue weighted by atomic mass is 16.5. The summed E-state index contributed by atoms with van der Waals surface area (Å²) in [5, 5.41) is 0. The van der Waals surface area contributed by atoms with Crippen molar-refractivity contribution in [2.75, 3.05) is 13.7 Å². The summed E-state index contributed by atoms with van der Waals surface area (Å²) < 4.78 is 6.92. The van der Waals surface area contributed by atoms with Crippen molar-refractivity contribution < 1.29 is 14.3 Å². The van der Waals surface area contributed by atoms with Gasteiger partial charge in [0.1, 0.15) is 11.6 Å². The minimum absolute atomic E-state index is 0.180. The van der Waals surface area contributed by atoms with Crippen LogP contribution >= 0.6 is 0 Å². The number of piperidine rings is 1. The zero-order valence-electron chi connectivity index (χ0n) is 13.6. The topological polar surface area (TPSA) is 77.3 Å². The maximum absolute atomic E-state index is 12.9. The lowest BCUT2D eigenvalue weighted by Crippen LogP contribution is -2.48. The molecule has 2 aromatic heterocycles. The van der Waals surface area contributed by atoms with Crippen molar-refractivity contribution in [3.05, 3.63) is 24.2 Å². The molecule has 126 valence electrons. The molecule has 4 rings (SSSR count). The minimum atomic E-state index is -0.504. The van der Waals surface area contributed by atoms with E-state index in [1.54, 1.807) is 23.5 Å². The normalized spacial score (nSPS) is 21.0. The number of pyridine rings is 1. The predicted octanol–water partition coefficient (Wildman–Crippen LogP) is 1.93. The molecule has 1 atom stereocenters. The lowest BCUT2D eigenvalue weighted by atomic mass is 10.0. The van der Waals surface area contributed by atoms with E-state index in [0.29, 0.717) is 24.6 Å². The first-order valence-electron chi connectivity index (χ1n) is 8.40. The molecule has 2 aromatic rings. The van der Waals surface area contributed by atoms with Crippen LogP contribution < -0.4 is 0 Å². The molecule has 0 aromatic carbocycles. The van der Waals surface area contributed by atoms with Crippen LogP contribution in [-0.4, -0.2) is 51.0 Å². The highest BCUT2D eigenvalue weighted by molar-refractivity contribution is 5.98. The van der Waals surface area contributed by atoms with Gasteiger partial charge in [-0.2, -0.15) is 0 Å². The molecule has 1 amide bonds. The number of hydrogen-bond acceptors (Lipinski definition) is 5. The Bertz CT molecular complexity index is 796. The number of fused-ring (bicyclic) bond motifs is 1. The summed E-state index contributed by atoms with van der Waals surface area (Å²) in [5.74, 6) is -0.532. The number of likely N-dealkylation sites (tertiary alicyclic amines) is 1. The molecule has 1 saturated heterocycles. The number of ether oxygens (including phenoxy) is 1. The lowest BCUT2D eigenvalue weighted by molar-refractivity contribution is -0.147. The van der Waals surface area contributed by atoms with Crippen LogP contribution in [0.4, 0.5) is 0 Å². The predicted molar refractivity (Wildman–Crippen MR) is 86.5 cm³/mol. The maximum atomic E-state index is 12.9. The van der Waals surface area contributed by atoms with Gasteiger partial charge >= 0.3 is 5.97 Å². The molecule has 0 bridgehead atoms. The van der Waals surface area contributed by atoms with Crippen LogP contribution in [0.1, 0.15) is 48.5 Å². The fourth-order valence-electron chi connectivity index (χ4n) is 3.38. The molecule has 0 radical (unpaired) electrons. The Morgan fingerprint density at radius 2 is 2.04 bits per heavy atom. The Labute approximate surface area is 139 Å². The van der Waals surface area contributed by atoms with Crippen LogP contribution in [0.15, 0.2) is 18.6 Å². The quantitative estimate of drug-likeness (QED) is 0.805. The van der Waals surface area contributed by atoms with Crippen LogP contribution in [0.5, 0.6) is 0 Å². The van der Waals surface area contributed by atoms with Gasteiger partial charge in [0.15, 0.2) is 5.65 Å². The largest absolute Gasteiger partial charge is 0.467 e. The summed E-state index contributed by atoms with van der Waals surface area (Å²) >= 11 is 0. The Morgan fingerprint density at radius 3 is 2.79 bits per heavy atom. The van der Waals surface area contributed by atoms with Crippen molar-refractivity contribution in [3.8, 4) is 0 Å². The van der Waals surface area contributed by atoms with Crippen molar-refractivity contribution >= 4 is 23.0 Å². The van der Waals surface area contributed by atoms with Gasteiger partial charge in [0.05, 0.1) is 19.0 Å². The highest BCUT2D eigenvalue weighted by Gasteiger charge is 2.34. The van der Waals surface area contributed by atoms with Crippen molar-refractivity contribution in [2.24, 2.45) is 0 Å². The van der Waals surface area contributed by atoms with Crippen LogP contribution in [0.2, 0.25) is 0 Å². The van der Waals surface area contributed by atoms with Gasteiger partial charge < -0.3 is 14.2 Å². The minimum Gasteiger partial charge on any atom is -0.467 e. The van der Waals surface area contributed by atoms with E-state index in [1.807, 2.05) is 0 Å². The third kappa shape index (κ3) is 2.53. The van der Waals surface area contributed by atoms with Gasteiger partial charge in [0.2, 0.25) is 0 Å². The second-order valence-electron chi connectivity index (χ2n) is 6.48. The van der Waals surface area contributed by atoms with E-state index in [2.05, 4.69) is 14.5 Å². The number of imidazole rings is 1. The Kier molecular flexibility index (Phi) is 3.70. The second kappa shape index (κ2) is 5.89. The molecule has 1 saturated carbocycles. The van der Waals surface area contributed by atoms with Gasteiger partial charge in [-0.25, -0.2) is 14.8 Å². The standard InChI is InChI=1S/C17H20N4O3/c1-24-17(23)14-4-2-3-7-20(14)16(22)11-8-13-15(18-9-11)21(10-19-13)12-5-6-12/h8-10,12,14H,2-7H2,1H3. The first-order valence-corrected chi connectivity index (χ1v) is 8.40. The fraction of sp³-hybridized carbons (Fsp3) is 0.529. The maximum Gasteiger partial charge on any atom is 0.328 e. The summed E-state index contributed by atoms with van der Waals surface area (Å²) in [7, 11) is 1.36. The molecule has 0 N–H and O–H groups in total. The van der Waals surface area contributed by atoms with E-state index in [-0.39, 0.29) is 11.9 Å². The van der Waals surface area contributed by atoms with E-state index in [4.69, 9.17) is 4.74 Å². The number of aromatic nitrogens is 3. The first-order chi connectivity index (χ1) is 11.7. The number of rotatable bonds is 3. The number of carbonyl (C=O) groups is 2. The number of esters is 1. The summed E-state index contributed by atoms with van der Waals surface area (Å²) in [4.78, 5) is 35.3. The number of amides is 1. The molecule has 2 aliphatic rings. The average molecular weight is 328 g/mol. The smallest absolute Gasteiger partial charge is 0.328 e. The second-order valence-corrected chi connectivity index (χ2v) is 6.48. The SMILES string of the molecule is COC(=O)C1CCCCN1C(=O)c1cnc2c(c1)ncn2C1CC1. The Hall–Kier alpha value is -2.44. The summed E-state index contributed by atoms with van der Waals surface area (Å²) in [5.41, 5.74) is 2.01. The number of nitrogens with zero attached hydrogens (tertiary/aromatic N) is 4. The Balaban J connectivity index is 1.63. The molecule has 1 unspecified atom stereocenters. The molecule has 24 heavy (non-hydrogen) atoms. The molecular formula is C17H20N4O3. The molecule has 2 fully saturated rings. The summed E-state index contributed by atoms with van der Waals surface area (Å²) in [6, 6.07) is 1.76. The zero-order chi connectivity index (χ0) is 16.7. The molecule has 1 aliphatic heterocycles. The zero-order valence-corrected chi connectivity index (χ0v) is 13.6. The molecule has 7 heteroatoms. The third-order valence-corrected chi connectivity index (χ3v) is 4.84. The number of hydrogen-bond donors (Lipinski definition) is 0. The number of methoxy groups -OCH3 is 1. The average Bonchev–Trinajstić information content (AvgIpc) is 3.39. The van der Waals surface area contributed by atoms with Crippen molar-refractivity contribution in [3.63, 3.8) is 0 Å². The highest BCUT2D eigenvalue weighted by Crippen LogP contribution is 2.36. The van der Waals surface area contributed by atoms with Gasteiger partial charge in [-0.1, -0.05) is 0 Å². The number of carbonyl (C=O) groups excluding carboxylic acids is 2. The van der Waals surface area contributed by atoms with Crippen LogP contribution in [0.25, 0.3) is 11.2 Å². The van der Waals surface area contributed by atoms with E-state index >= 15 is 0 Å². The van der Waals surface area contributed by atoms with Crippen LogP contribution in [0, 0.1) is 0 Å². The summed E-state index contributed by atoms with van der Waals surface area (Å²) in [6.45, 7) is 0.563. The fourth-order valence-corrected chi connectivity index (χ4v) is 3.38. The summed E-state index contributed by atoms with van der Waals surface area (Å²) in [6.07, 6.45) is 8.16. The van der Waals surface area contributed by atoms with Crippen molar-refractivity contribution in [1.29, 1.82) is 0 Å². The molecule has 1 aliphatic carbocycles. The van der Waals surface area contributed by atoms with E-state index < -0.39 is 6.04 Å².